The number of hydrogen-bond donors (Lipinski definition) is 2. The molecule has 1 saturated heterocycles. The number of alkyl halides is 2. The highest BCUT2D eigenvalue weighted by molar-refractivity contribution is 7.99. The van der Waals surface area contributed by atoms with E-state index in [2.05, 4.69) is 0 Å². The molecule has 2 atom stereocenters. The lowest BCUT2D eigenvalue weighted by molar-refractivity contribution is -0.133. The molecule has 2 aromatic rings. The van der Waals surface area contributed by atoms with Gasteiger partial charge in [0.1, 0.15) is 6.10 Å². The molecule has 188 valence electrons. The lowest BCUT2D eigenvalue weighted by atomic mass is 10.0. The van der Waals surface area contributed by atoms with Crippen LogP contribution in [0.4, 0.5) is 13.6 Å². The van der Waals surface area contributed by atoms with Crippen molar-refractivity contribution in [3.8, 4) is 0 Å². The highest BCUT2D eigenvalue weighted by atomic mass is 32.2. The largest absolute Gasteiger partial charge is 0.481 e. The van der Waals surface area contributed by atoms with Crippen LogP contribution in [0.5, 0.6) is 0 Å². The first kappa shape index (κ1) is 26.7. The molecule has 1 heterocycles. The second kappa shape index (κ2) is 12.7. The van der Waals surface area contributed by atoms with Crippen molar-refractivity contribution >= 4 is 23.8 Å². The third kappa shape index (κ3) is 7.53. The Kier molecular flexibility index (Phi) is 9.68. The summed E-state index contributed by atoms with van der Waals surface area (Å²) in [6, 6.07) is 16.0. The number of nitrogens with zero attached hydrogens (tertiary/aromatic N) is 2. The van der Waals surface area contributed by atoms with Gasteiger partial charge in [-0.05, 0) is 24.2 Å². The minimum atomic E-state index is -3.46. The predicted octanol–water partition coefficient (Wildman–Crippen LogP) is 4.60. The van der Waals surface area contributed by atoms with Gasteiger partial charge in [0.15, 0.2) is 0 Å². The van der Waals surface area contributed by atoms with E-state index < -0.39 is 24.0 Å². The monoisotopic (exact) mass is 504 g/mol. The van der Waals surface area contributed by atoms with Crippen LogP contribution in [0.3, 0.4) is 0 Å². The van der Waals surface area contributed by atoms with Crippen LogP contribution in [0.25, 0.3) is 0 Å². The van der Waals surface area contributed by atoms with Gasteiger partial charge in [-0.1, -0.05) is 72.8 Å². The quantitative estimate of drug-likeness (QED) is 0.308. The summed E-state index contributed by atoms with van der Waals surface area (Å²) in [4.78, 5) is 27.1. The number of benzene rings is 2. The summed E-state index contributed by atoms with van der Waals surface area (Å²) in [6.45, 7) is 1.14. The van der Waals surface area contributed by atoms with Gasteiger partial charge in [-0.2, -0.15) is 20.5 Å². The minimum Gasteiger partial charge on any atom is -0.481 e. The zero-order chi connectivity index (χ0) is 25.3. The number of hydrogen-bond acceptors (Lipinski definition) is 4. The first-order chi connectivity index (χ1) is 16.8. The number of aliphatic hydroxyl groups is 1. The van der Waals surface area contributed by atoms with Gasteiger partial charge in [0.25, 0.3) is 0 Å². The van der Waals surface area contributed by atoms with E-state index in [9.17, 15) is 23.5 Å². The van der Waals surface area contributed by atoms with Gasteiger partial charge in [-0.15, -0.1) is 0 Å². The third-order valence-electron chi connectivity index (χ3n) is 5.75. The van der Waals surface area contributed by atoms with E-state index in [1.165, 1.54) is 42.1 Å². The summed E-state index contributed by atoms with van der Waals surface area (Å²) in [7, 11) is 0. The first-order valence-corrected chi connectivity index (χ1v) is 12.6. The summed E-state index contributed by atoms with van der Waals surface area (Å²) in [5.74, 6) is -3.63. The van der Waals surface area contributed by atoms with Crippen molar-refractivity contribution in [1.29, 1.82) is 0 Å². The average Bonchev–Trinajstić information content (AvgIpc) is 3.14. The first-order valence-electron chi connectivity index (χ1n) is 11.5. The Balaban J connectivity index is 1.67. The minimum absolute atomic E-state index is 0.0341. The van der Waals surface area contributed by atoms with Gasteiger partial charge in [0.05, 0.1) is 11.8 Å². The highest BCUT2D eigenvalue weighted by Crippen LogP contribution is 2.32. The number of carboxylic acid groups (broad SMARTS) is 1. The SMILES string of the molecule is O=C(O)CSCCCCN1C(=O)N(Cc2ccccc2)C[C@@H]1C=CC(O)C(F)(F)c1ccccc1. The molecule has 9 heteroatoms. The van der Waals surface area contributed by atoms with Crippen LogP contribution in [-0.2, 0) is 17.3 Å². The molecule has 2 N–H and O–H groups in total. The molecule has 0 aromatic heterocycles. The number of carbonyl (C=O) groups excluding carboxylic acids is 1. The molecule has 1 aliphatic heterocycles. The fourth-order valence-electron chi connectivity index (χ4n) is 3.92. The highest BCUT2D eigenvalue weighted by Gasteiger charge is 2.40. The Morgan fingerprint density at radius 1 is 1.11 bits per heavy atom. The summed E-state index contributed by atoms with van der Waals surface area (Å²) < 4.78 is 29.4. The number of carboxylic acids is 1. The second-order valence-corrected chi connectivity index (χ2v) is 9.49. The van der Waals surface area contributed by atoms with E-state index in [1.807, 2.05) is 30.3 Å². The molecule has 1 aliphatic rings. The van der Waals surface area contributed by atoms with Crippen molar-refractivity contribution in [3.63, 3.8) is 0 Å². The number of rotatable bonds is 13. The molecule has 3 rings (SSSR count). The van der Waals surface area contributed by atoms with Crippen LogP contribution < -0.4 is 0 Å². The van der Waals surface area contributed by atoms with Gasteiger partial charge in [0.2, 0.25) is 0 Å². The number of amides is 2. The third-order valence-corrected chi connectivity index (χ3v) is 6.78. The van der Waals surface area contributed by atoms with E-state index in [1.54, 1.807) is 15.9 Å². The zero-order valence-electron chi connectivity index (χ0n) is 19.3. The summed E-state index contributed by atoms with van der Waals surface area (Å²) in [5.41, 5.74) is 0.687. The second-order valence-electron chi connectivity index (χ2n) is 8.38. The maximum Gasteiger partial charge on any atom is 0.320 e. The molecular weight excluding hydrogens is 474 g/mol. The fourth-order valence-corrected chi connectivity index (χ4v) is 4.65. The van der Waals surface area contributed by atoms with Gasteiger partial charge >= 0.3 is 17.9 Å². The van der Waals surface area contributed by atoms with E-state index in [0.29, 0.717) is 31.8 Å². The molecule has 0 saturated carbocycles. The van der Waals surface area contributed by atoms with Crippen molar-refractivity contribution in [3.05, 3.63) is 83.9 Å². The fraction of sp³-hybridized carbons (Fsp3) is 0.385. The Morgan fingerprint density at radius 3 is 2.43 bits per heavy atom. The molecule has 35 heavy (non-hydrogen) atoms. The molecule has 2 amide bonds. The Hall–Kier alpha value is -2.91. The topological polar surface area (TPSA) is 81.1 Å². The number of thioether (sulfide) groups is 1. The van der Waals surface area contributed by atoms with Crippen molar-refractivity contribution in [2.75, 3.05) is 24.6 Å². The van der Waals surface area contributed by atoms with Crippen LogP contribution in [0, 0.1) is 0 Å². The van der Waals surface area contributed by atoms with Crippen molar-refractivity contribution < 1.29 is 28.6 Å². The lowest BCUT2D eigenvalue weighted by Gasteiger charge is -2.23. The smallest absolute Gasteiger partial charge is 0.320 e. The molecule has 6 nitrogen and oxygen atoms in total. The molecule has 1 unspecified atom stereocenters. The van der Waals surface area contributed by atoms with Crippen molar-refractivity contribution in [2.24, 2.45) is 0 Å². The van der Waals surface area contributed by atoms with Crippen LogP contribution in [-0.4, -0.2) is 68.8 Å². The maximum atomic E-state index is 14.7. The molecule has 1 fully saturated rings. The summed E-state index contributed by atoms with van der Waals surface area (Å²) in [5, 5.41) is 19.0. The van der Waals surface area contributed by atoms with Crippen LogP contribution in [0.1, 0.15) is 24.0 Å². The van der Waals surface area contributed by atoms with E-state index >= 15 is 0 Å². The molecule has 0 bridgehead atoms. The van der Waals surface area contributed by atoms with Gasteiger partial charge in [0, 0.05) is 25.2 Å². The predicted molar refractivity (Wildman–Crippen MR) is 132 cm³/mol. The lowest BCUT2D eigenvalue weighted by Crippen LogP contribution is -2.35. The Bertz CT molecular complexity index is 991. The molecule has 0 aliphatic carbocycles. The van der Waals surface area contributed by atoms with Crippen LogP contribution in [0.15, 0.2) is 72.8 Å². The normalized spacial score (nSPS) is 17.3. The standard InChI is InChI=1S/C26H30F2N2O4S/c27-26(28,21-11-5-2-6-12-21)23(31)14-13-22-18-29(17-20-9-3-1-4-10-20)25(34)30(22)15-7-8-16-35-19-24(32)33/h1-6,9-14,22-23,31H,7-8,15-19H2,(H,32,33)/t22-,23?/m0/s1. The van der Waals surface area contributed by atoms with Crippen molar-refractivity contribution in [1.82, 2.24) is 9.80 Å². The number of aliphatic hydroxyl groups excluding tert-OH is 1. The Labute approximate surface area is 208 Å². The number of aliphatic carboxylic acids is 1. The van der Waals surface area contributed by atoms with E-state index in [-0.39, 0.29) is 17.3 Å². The molecule has 2 aromatic carbocycles. The van der Waals surface area contributed by atoms with Crippen LogP contribution >= 0.6 is 11.8 Å². The van der Waals surface area contributed by atoms with Crippen LogP contribution in [0.2, 0.25) is 0 Å². The molecular formula is C26H30F2N2O4S. The zero-order valence-corrected chi connectivity index (χ0v) is 20.1. The van der Waals surface area contributed by atoms with Gasteiger partial charge in [-0.25, -0.2) is 4.79 Å². The van der Waals surface area contributed by atoms with Crippen molar-refractivity contribution in [2.45, 2.75) is 37.5 Å². The molecule has 0 radical (unpaired) electrons. The number of urea groups is 1. The summed E-state index contributed by atoms with van der Waals surface area (Å²) in [6.07, 6.45) is 1.92. The Morgan fingerprint density at radius 2 is 1.77 bits per heavy atom. The van der Waals surface area contributed by atoms with E-state index in [0.717, 1.165) is 18.1 Å². The molecule has 0 spiro atoms. The number of halogens is 2. The number of unbranched alkanes of at least 4 members (excludes halogenated alkanes) is 1. The number of carbonyl (C=O) groups is 2. The van der Waals surface area contributed by atoms with Gasteiger partial charge < -0.3 is 20.0 Å². The summed E-state index contributed by atoms with van der Waals surface area (Å²) >= 11 is 1.32. The maximum absolute atomic E-state index is 14.7. The van der Waals surface area contributed by atoms with E-state index in [4.69, 9.17) is 5.11 Å². The average molecular weight is 505 g/mol. The van der Waals surface area contributed by atoms with Gasteiger partial charge in [-0.3, -0.25) is 4.79 Å².